The Kier molecular flexibility index (Phi) is 4.25. The lowest BCUT2D eigenvalue weighted by molar-refractivity contribution is -0.124. The normalized spacial score (nSPS) is 32.2. The van der Waals surface area contributed by atoms with Gasteiger partial charge in [0.05, 0.1) is 0 Å². The smallest absolute Gasteiger partial charge is 0.282 e. The third-order valence-corrected chi connectivity index (χ3v) is 6.69. The van der Waals surface area contributed by atoms with Crippen molar-refractivity contribution >= 4 is 16.1 Å². The van der Waals surface area contributed by atoms with Gasteiger partial charge in [0.25, 0.3) is 10.2 Å². The van der Waals surface area contributed by atoms with E-state index in [2.05, 4.69) is 12.2 Å². The van der Waals surface area contributed by atoms with Gasteiger partial charge in [-0.05, 0) is 44.4 Å². The summed E-state index contributed by atoms with van der Waals surface area (Å²) in [6.07, 6.45) is 5.45. The fourth-order valence-corrected chi connectivity index (χ4v) is 5.29. The van der Waals surface area contributed by atoms with Gasteiger partial charge in [0.15, 0.2) is 0 Å². The summed E-state index contributed by atoms with van der Waals surface area (Å²) in [4.78, 5) is 12.3. The fraction of sp³-hybridized carbons (Fsp3) is 0.929. The molecule has 2 heterocycles. The molecule has 1 saturated carbocycles. The first-order chi connectivity index (χ1) is 9.98. The summed E-state index contributed by atoms with van der Waals surface area (Å²) >= 11 is 0. The van der Waals surface area contributed by atoms with Crippen LogP contribution in [0.3, 0.4) is 0 Å². The molecule has 3 aliphatic rings. The van der Waals surface area contributed by atoms with Crippen molar-refractivity contribution < 1.29 is 13.2 Å². The first-order valence-corrected chi connectivity index (χ1v) is 9.45. The van der Waals surface area contributed by atoms with Crippen molar-refractivity contribution in [3.05, 3.63) is 0 Å². The van der Waals surface area contributed by atoms with Gasteiger partial charge in [-0.3, -0.25) is 4.79 Å². The van der Waals surface area contributed by atoms with E-state index in [1.807, 2.05) is 0 Å². The van der Waals surface area contributed by atoms with Gasteiger partial charge >= 0.3 is 0 Å². The van der Waals surface area contributed by atoms with E-state index in [9.17, 15) is 13.2 Å². The number of rotatable bonds is 4. The maximum Gasteiger partial charge on any atom is 0.282 e. The number of carbonyl (C=O) groups is 1. The Labute approximate surface area is 127 Å². The number of amides is 1. The molecule has 2 saturated heterocycles. The van der Waals surface area contributed by atoms with Crippen LogP contribution in [0.1, 0.15) is 45.4 Å². The molecular weight excluding hydrogens is 290 g/mol. The molecule has 0 radical (unpaired) electrons. The van der Waals surface area contributed by atoms with Gasteiger partial charge in [0, 0.05) is 25.7 Å². The van der Waals surface area contributed by atoms with Crippen LogP contribution in [0.15, 0.2) is 0 Å². The van der Waals surface area contributed by atoms with Crippen molar-refractivity contribution in [3.63, 3.8) is 0 Å². The number of nitrogens with zero attached hydrogens (tertiary/aromatic N) is 2. The highest BCUT2D eigenvalue weighted by Gasteiger charge is 2.43. The summed E-state index contributed by atoms with van der Waals surface area (Å²) < 4.78 is 28.6. The predicted molar refractivity (Wildman–Crippen MR) is 79.8 cm³/mol. The van der Waals surface area contributed by atoms with Crippen molar-refractivity contribution in [1.29, 1.82) is 0 Å². The second kappa shape index (κ2) is 5.85. The molecular formula is C14H25N3O3S. The molecule has 1 N–H and O–H groups in total. The largest absolute Gasteiger partial charge is 0.352 e. The van der Waals surface area contributed by atoms with Crippen LogP contribution in [-0.4, -0.2) is 54.7 Å². The number of nitrogens with one attached hydrogen (secondary N) is 1. The Balaban J connectivity index is 1.71. The molecule has 1 amide bonds. The van der Waals surface area contributed by atoms with Crippen molar-refractivity contribution in [2.24, 2.45) is 5.92 Å². The highest BCUT2D eigenvalue weighted by atomic mass is 32.2. The summed E-state index contributed by atoms with van der Waals surface area (Å²) in [6, 6.07) is -0.231. The fourth-order valence-electron chi connectivity index (χ4n) is 3.31. The summed E-state index contributed by atoms with van der Waals surface area (Å²) in [5, 5.41) is 2.95. The van der Waals surface area contributed by atoms with Crippen LogP contribution in [-0.2, 0) is 15.0 Å². The molecule has 120 valence electrons. The molecule has 0 unspecified atom stereocenters. The average Bonchev–Trinajstić information content (AvgIpc) is 3.10. The minimum absolute atomic E-state index is 0.108. The Hall–Kier alpha value is -0.660. The zero-order chi connectivity index (χ0) is 15.0. The van der Waals surface area contributed by atoms with Crippen LogP contribution in [0.5, 0.6) is 0 Å². The maximum absolute atomic E-state index is 12.8. The molecule has 3 rings (SSSR count). The molecule has 6 nitrogen and oxygen atoms in total. The van der Waals surface area contributed by atoms with Crippen LogP contribution in [0, 0.1) is 5.92 Å². The topological polar surface area (TPSA) is 69.7 Å². The molecule has 7 heteroatoms. The molecule has 0 aromatic heterocycles. The van der Waals surface area contributed by atoms with Crippen molar-refractivity contribution in [3.8, 4) is 0 Å². The van der Waals surface area contributed by atoms with E-state index in [0.29, 0.717) is 32.0 Å². The van der Waals surface area contributed by atoms with Crippen LogP contribution >= 0.6 is 0 Å². The third kappa shape index (κ3) is 3.24. The molecule has 0 bridgehead atoms. The highest BCUT2D eigenvalue weighted by Crippen LogP contribution is 2.28. The number of hydrogen-bond donors (Lipinski definition) is 1. The zero-order valence-electron chi connectivity index (χ0n) is 12.6. The van der Waals surface area contributed by atoms with Crippen molar-refractivity contribution in [1.82, 2.24) is 13.9 Å². The van der Waals surface area contributed by atoms with Gasteiger partial charge in [-0.15, -0.1) is 0 Å². The van der Waals surface area contributed by atoms with E-state index in [1.54, 1.807) is 4.31 Å². The second-order valence-corrected chi connectivity index (χ2v) is 8.55. The van der Waals surface area contributed by atoms with Gasteiger partial charge in [0.2, 0.25) is 5.91 Å². The van der Waals surface area contributed by atoms with E-state index in [-0.39, 0.29) is 11.9 Å². The van der Waals surface area contributed by atoms with Gasteiger partial charge in [-0.2, -0.15) is 17.0 Å². The lowest BCUT2D eigenvalue weighted by Gasteiger charge is -2.34. The number of carbonyl (C=O) groups excluding carboxylic acids is 1. The minimum Gasteiger partial charge on any atom is -0.352 e. The van der Waals surface area contributed by atoms with Crippen LogP contribution < -0.4 is 5.32 Å². The minimum atomic E-state index is -3.50. The number of piperidine rings is 1. The SMILES string of the molecule is C[C@H]1CCCN(S(=O)(=O)N2CCC[C@H]2C(=O)NC2CC2)C1. The predicted octanol–water partition coefficient (Wildman–Crippen LogP) is 0.706. The Morgan fingerprint density at radius 1 is 1.10 bits per heavy atom. The standard InChI is InChI=1S/C14H25N3O3S/c1-11-4-2-8-16(10-11)21(19,20)17-9-3-5-13(17)14(18)15-12-6-7-12/h11-13H,2-10H2,1H3,(H,15,18)/t11-,13-/m0/s1. The molecule has 2 atom stereocenters. The second-order valence-electron chi connectivity index (χ2n) is 6.66. The summed E-state index contributed by atoms with van der Waals surface area (Å²) in [5.74, 6) is 0.290. The van der Waals surface area contributed by atoms with Crippen LogP contribution in [0.4, 0.5) is 0 Å². The van der Waals surface area contributed by atoms with Gasteiger partial charge in [-0.25, -0.2) is 0 Å². The average molecular weight is 315 g/mol. The van der Waals surface area contributed by atoms with Gasteiger partial charge in [-0.1, -0.05) is 6.92 Å². The monoisotopic (exact) mass is 315 g/mol. The van der Waals surface area contributed by atoms with Crippen LogP contribution in [0.2, 0.25) is 0 Å². The van der Waals surface area contributed by atoms with E-state index in [0.717, 1.165) is 32.1 Å². The molecule has 0 aromatic rings. The number of hydrogen-bond acceptors (Lipinski definition) is 3. The Morgan fingerprint density at radius 2 is 1.81 bits per heavy atom. The molecule has 21 heavy (non-hydrogen) atoms. The van der Waals surface area contributed by atoms with E-state index >= 15 is 0 Å². The van der Waals surface area contributed by atoms with E-state index in [1.165, 1.54) is 4.31 Å². The maximum atomic E-state index is 12.8. The summed E-state index contributed by atoms with van der Waals surface area (Å²) in [7, 11) is -3.50. The van der Waals surface area contributed by atoms with E-state index < -0.39 is 16.3 Å². The summed E-state index contributed by atoms with van der Waals surface area (Å²) in [5.41, 5.74) is 0. The first kappa shape index (κ1) is 15.2. The van der Waals surface area contributed by atoms with Gasteiger partial charge < -0.3 is 5.32 Å². The highest BCUT2D eigenvalue weighted by molar-refractivity contribution is 7.86. The Bertz CT molecular complexity index is 504. The molecule has 0 spiro atoms. The van der Waals surface area contributed by atoms with E-state index in [4.69, 9.17) is 0 Å². The molecule has 2 aliphatic heterocycles. The third-order valence-electron chi connectivity index (χ3n) is 4.67. The van der Waals surface area contributed by atoms with Gasteiger partial charge in [0.1, 0.15) is 6.04 Å². The van der Waals surface area contributed by atoms with Crippen molar-refractivity contribution in [2.45, 2.75) is 57.5 Å². The van der Waals surface area contributed by atoms with Crippen molar-refractivity contribution in [2.75, 3.05) is 19.6 Å². The first-order valence-electron chi connectivity index (χ1n) is 8.06. The lowest BCUT2D eigenvalue weighted by atomic mass is 10.0. The Morgan fingerprint density at radius 3 is 2.48 bits per heavy atom. The molecule has 3 fully saturated rings. The molecule has 1 aliphatic carbocycles. The lowest BCUT2D eigenvalue weighted by Crippen LogP contribution is -2.53. The zero-order valence-corrected chi connectivity index (χ0v) is 13.4. The van der Waals surface area contributed by atoms with Crippen LogP contribution in [0.25, 0.3) is 0 Å². The molecule has 0 aromatic carbocycles. The quantitative estimate of drug-likeness (QED) is 0.830. The summed E-state index contributed by atoms with van der Waals surface area (Å²) in [6.45, 7) is 3.72.